The fourth-order valence-electron chi connectivity index (χ4n) is 1.14. The van der Waals surface area contributed by atoms with Crippen LogP contribution < -0.4 is 5.32 Å². The standard InChI is InChI=1S/C9H11N3O2/c1-10-6-7-5-8(12(13)14)3-4-9(7)11-2/h3-6,11H,1-2H3. The van der Waals surface area contributed by atoms with Crippen LogP contribution in [0.25, 0.3) is 0 Å². The number of nitro benzene ring substituents is 1. The van der Waals surface area contributed by atoms with Crippen molar-refractivity contribution in [2.75, 3.05) is 19.4 Å². The van der Waals surface area contributed by atoms with Gasteiger partial charge in [-0.05, 0) is 6.07 Å². The van der Waals surface area contributed by atoms with Gasteiger partial charge < -0.3 is 5.32 Å². The summed E-state index contributed by atoms with van der Waals surface area (Å²) in [5, 5.41) is 13.4. The maximum atomic E-state index is 10.5. The van der Waals surface area contributed by atoms with Crippen molar-refractivity contribution in [3.8, 4) is 0 Å². The molecule has 0 radical (unpaired) electrons. The summed E-state index contributed by atoms with van der Waals surface area (Å²) < 4.78 is 0. The topological polar surface area (TPSA) is 67.5 Å². The minimum atomic E-state index is -0.424. The summed E-state index contributed by atoms with van der Waals surface area (Å²) in [5.74, 6) is 0. The molecule has 0 saturated heterocycles. The molecule has 5 nitrogen and oxygen atoms in total. The Labute approximate surface area is 81.6 Å². The number of anilines is 1. The molecule has 0 spiro atoms. The number of nitrogens with one attached hydrogen (secondary N) is 1. The van der Waals surface area contributed by atoms with E-state index in [4.69, 9.17) is 0 Å². The molecule has 0 atom stereocenters. The highest BCUT2D eigenvalue weighted by atomic mass is 16.6. The molecule has 0 aliphatic rings. The summed E-state index contributed by atoms with van der Waals surface area (Å²) in [6.45, 7) is 0. The Morgan fingerprint density at radius 2 is 2.29 bits per heavy atom. The van der Waals surface area contributed by atoms with Crippen LogP contribution in [0.15, 0.2) is 23.2 Å². The lowest BCUT2D eigenvalue weighted by Crippen LogP contribution is -1.96. The quantitative estimate of drug-likeness (QED) is 0.451. The van der Waals surface area contributed by atoms with Crippen molar-refractivity contribution in [3.05, 3.63) is 33.9 Å². The predicted octanol–water partition coefficient (Wildman–Crippen LogP) is 1.69. The number of aliphatic imine (C=N–C) groups is 1. The highest BCUT2D eigenvalue weighted by molar-refractivity contribution is 5.88. The van der Waals surface area contributed by atoms with E-state index in [9.17, 15) is 10.1 Å². The molecule has 0 aliphatic carbocycles. The largest absolute Gasteiger partial charge is 0.388 e. The first-order chi connectivity index (χ1) is 6.69. The number of rotatable bonds is 3. The van der Waals surface area contributed by atoms with Crippen molar-refractivity contribution in [1.82, 2.24) is 0 Å². The molecule has 0 aliphatic heterocycles. The van der Waals surface area contributed by atoms with Crippen LogP contribution in [0.3, 0.4) is 0 Å². The molecule has 74 valence electrons. The fourth-order valence-corrected chi connectivity index (χ4v) is 1.14. The van der Waals surface area contributed by atoms with Gasteiger partial charge >= 0.3 is 0 Å². The van der Waals surface area contributed by atoms with E-state index in [1.807, 2.05) is 0 Å². The molecule has 1 N–H and O–H groups in total. The van der Waals surface area contributed by atoms with Crippen molar-refractivity contribution in [1.29, 1.82) is 0 Å². The van der Waals surface area contributed by atoms with Crippen molar-refractivity contribution in [3.63, 3.8) is 0 Å². The third-order valence-corrected chi connectivity index (χ3v) is 1.78. The molecule has 1 rings (SSSR count). The normalized spacial score (nSPS) is 10.4. The van der Waals surface area contributed by atoms with Gasteiger partial charge in [0.05, 0.1) is 4.92 Å². The number of hydrogen-bond acceptors (Lipinski definition) is 4. The van der Waals surface area contributed by atoms with Crippen LogP contribution in [0.2, 0.25) is 0 Å². The van der Waals surface area contributed by atoms with Gasteiger partial charge in [-0.15, -0.1) is 0 Å². The molecule has 0 unspecified atom stereocenters. The Morgan fingerprint density at radius 1 is 1.57 bits per heavy atom. The minimum Gasteiger partial charge on any atom is -0.388 e. The summed E-state index contributed by atoms with van der Waals surface area (Å²) in [6, 6.07) is 4.60. The number of nitro groups is 1. The van der Waals surface area contributed by atoms with Crippen LogP contribution >= 0.6 is 0 Å². The molecule has 1 aromatic rings. The van der Waals surface area contributed by atoms with E-state index in [1.54, 1.807) is 26.4 Å². The van der Waals surface area contributed by atoms with Crippen LogP contribution in [0.1, 0.15) is 5.56 Å². The molecule has 0 saturated carbocycles. The highest BCUT2D eigenvalue weighted by Gasteiger charge is 2.07. The van der Waals surface area contributed by atoms with Crippen molar-refractivity contribution in [2.45, 2.75) is 0 Å². The van der Waals surface area contributed by atoms with E-state index in [2.05, 4.69) is 10.3 Å². The average molecular weight is 193 g/mol. The summed E-state index contributed by atoms with van der Waals surface area (Å²) in [7, 11) is 3.38. The van der Waals surface area contributed by atoms with Crippen molar-refractivity contribution >= 4 is 17.6 Å². The molecule has 14 heavy (non-hydrogen) atoms. The van der Waals surface area contributed by atoms with Crippen LogP contribution in [-0.2, 0) is 0 Å². The first-order valence-electron chi connectivity index (χ1n) is 4.07. The third kappa shape index (κ3) is 2.07. The molecule has 0 amide bonds. The van der Waals surface area contributed by atoms with E-state index in [1.165, 1.54) is 12.1 Å². The van der Waals surface area contributed by atoms with Crippen LogP contribution in [0.4, 0.5) is 11.4 Å². The minimum absolute atomic E-state index is 0.0684. The lowest BCUT2D eigenvalue weighted by molar-refractivity contribution is -0.384. The van der Waals surface area contributed by atoms with Gasteiger partial charge in [0.15, 0.2) is 0 Å². The average Bonchev–Trinajstić information content (AvgIpc) is 2.18. The lowest BCUT2D eigenvalue weighted by atomic mass is 10.1. The Hall–Kier alpha value is -1.91. The van der Waals surface area contributed by atoms with Gasteiger partial charge in [-0.25, -0.2) is 0 Å². The van der Waals surface area contributed by atoms with Crippen LogP contribution in [0.5, 0.6) is 0 Å². The molecule has 0 fully saturated rings. The van der Waals surface area contributed by atoms with E-state index < -0.39 is 4.92 Å². The van der Waals surface area contributed by atoms with Crippen molar-refractivity contribution in [2.24, 2.45) is 4.99 Å². The van der Waals surface area contributed by atoms with E-state index in [0.29, 0.717) is 5.56 Å². The number of benzene rings is 1. The van der Waals surface area contributed by atoms with E-state index in [0.717, 1.165) is 5.69 Å². The second-order valence-electron chi connectivity index (χ2n) is 2.67. The Kier molecular flexibility index (Phi) is 3.17. The summed E-state index contributed by atoms with van der Waals surface area (Å²) in [4.78, 5) is 13.9. The van der Waals surface area contributed by atoms with Gasteiger partial charge in [-0.3, -0.25) is 15.1 Å². The zero-order valence-corrected chi connectivity index (χ0v) is 8.02. The smallest absolute Gasteiger partial charge is 0.270 e. The SMILES string of the molecule is CN=Cc1cc([N+](=O)[O-])ccc1NC. The monoisotopic (exact) mass is 193 g/mol. The summed E-state index contributed by atoms with van der Waals surface area (Å²) >= 11 is 0. The maximum Gasteiger partial charge on any atom is 0.270 e. The first-order valence-corrected chi connectivity index (χ1v) is 4.07. The Balaban J connectivity index is 3.20. The van der Waals surface area contributed by atoms with Gasteiger partial charge in [-0.2, -0.15) is 0 Å². The van der Waals surface area contributed by atoms with Gasteiger partial charge in [-0.1, -0.05) is 0 Å². The maximum absolute atomic E-state index is 10.5. The zero-order chi connectivity index (χ0) is 10.6. The van der Waals surface area contributed by atoms with E-state index >= 15 is 0 Å². The van der Waals surface area contributed by atoms with Gasteiger partial charge in [0, 0.05) is 43.7 Å². The second-order valence-corrected chi connectivity index (χ2v) is 2.67. The molecule has 0 bridgehead atoms. The second kappa shape index (κ2) is 4.36. The number of non-ortho nitro benzene ring substituents is 1. The molecule has 1 aromatic carbocycles. The Bertz CT molecular complexity index is 374. The number of nitrogens with zero attached hydrogens (tertiary/aromatic N) is 2. The van der Waals surface area contributed by atoms with Gasteiger partial charge in [0.1, 0.15) is 0 Å². The molecule has 5 heteroatoms. The van der Waals surface area contributed by atoms with Crippen LogP contribution in [-0.4, -0.2) is 25.2 Å². The third-order valence-electron chi connectivity index (χ3n) is 1.78. The van der Waals surface area contributed by atoms with Crippen molar-refractivity contribution < 1.29 is 4.92 Å². The lowest BCUT2D eigenvalue weighted by Gasteiger charge is -2.03. The molecule has 0 aromatic heterocycles. The summed E-state index contributed by atoms with van der Waals surface area (Å²) in [5.41, 5.74) is 1.60. The Morgan fingerprint density at radius 3 is 2.79 bits per heavy atom. The fraction of sp³-hybridized carbons (Fsp3) is 0.222. The molecular formula is C9H11N3O2. The molecular weight excluding hydrogens is 182 g/mol. The van der Waals surface area contributed by atoms with Gasteiger partial charge in [0.25, 0.3) is 5.69 Å². The number of hydrogen-bond donors (Lipinski definition) is 1. The summed E-state index contributed by atoms with van der Waals surface area (Å²) in [6.07, 6.45) is 1.58. The highest BCUT2D eigenvalue weighted by Crippen LogP contribution is 2.19. The zero-order valence-electron chi connectivity index (χ0n) is 8.02. The van der Waals surface area contributed by atoms with Crippen LogP contribution in [0, 0.1) is 10.1 Å². The van der Waals surface area contributed by atoms with Gasteiger partial charge in [0.2, 0.25) is 0 Å². The van der Waals surface area contributed by atoms with E-state index in [-0.39, 0.29) is 5.69 Å². The molecule has 0 heterocycles. The predicted molar refractivity (Wildman–Crippen MR) is 56.2 cm³/mol. The first kappa shape index (κ1) is 10.2.